The minimum Gasteiger partial charge on any atom is -0.316 e. The molecule has 0 bridgehead atoms. The molecule has 1 N–H and O–H groups in total. The van der Waals surface area contributed by atoms with Gasteiger partial charge >= 0.3 is 0 Å². The molecule has 0 aliphatic carbocycles. The van der Waals surface area contributed by atoms with Crippen LogP contribution in [-0.4, -0.2) is 31.1 Å². The van der Waals surface area contributed by atoms with Crippen molar-refractivity contribution in [3.05, 3.63) is 20.8 Å². The van der Waals surface area contributed by atoms with Gasteiger partial charge in [0, 0.05) is 34.4 Å². The summed E-state index contributed by atoms with van der Waals surface area (Å²) in [5, 5.41) is 5.66. The second kappa shape index (κ2) is 4.17. The highest BCUT2D eigenvalue weighted by atomic mass is 79.9. The number of hydrogen-bond acceptors (Lipinski definition) is 3. The van der Waals surface area contributed by atoms with Crippen molar-refractivity contribution in [2.75, 3.05) is 26.2 Å². The summed E-state index contributed by atoms with van der Waals surface area (Å²) < 4.78 is 1.23. The maximum atomic E-state index is 3.51. The maximum absolute atomic E-state index is 3.51. The minimum absolute atomic E-state index is 0.911. The van der Waals surface area contributed by atoms with E-state index in [1.54, 1.807) is 0 Å². The topological polar surface area (TPSA) is 15.3 Å². The average Bonchev–Trinajstić information content (AvgIpc) is 2.81. The van der Waals surface area contributed by atoms with Crippen molar-refractivity contribution in [1.82, 2.24) is 10.2 Å². The lowest BCUT2D eigenvalue weighted by Crippen LogP contribution is -2.25. The summed E-state index contributed by atoms with van der Waals surface area (Å²) in [5.41, 5.74) is 0. The molecule has 82 valence electrons. The van der Waals surface area contributed by atoms with E-state index in [4.69, 9.17) is 0 Å². The van der Waals surface area contributed by atoms with Gasteiger partial charge < -0.3 is 5.32 Å². The quantitative estimate of drug-likeness (QED) is 0.896. The summed E-state index contributed by atoms with van der Waals surface area (Å²) in [4.78, 5) is 4.09. The van der Waals surface area contributed by atoms with Crippen LogP contribution in [0.3, 0.4) is 0 Å². The molecule has 2 aliphatic heterocycles. The van der Waals surface area contributed by atoms with Gasteiger partial charge in [-0.3, -0.25) is 4.90 Å². The second-order valence-electron chi connectivity index (χ2n) is 4.60. The number of nitrogens with one attached hydrogen (secondary N) is 1. The molecule has 0 amide bonds. The lowest BCUT2D eigenvalue weighted by atomic mass is 10.0. The van der Waals surface area contributed by atoms with Crippen molar-refractivity contribution in [2.45, 2.75) is 6.54 Å². The van der Waals surface area contributed by atoms with Gasteiger partial charge in [0.2, 0.25) is 0 Å². The first-order chi connectivity index (χ1) is 7.31. The summed E-state index contributed by atoms with van der Waals surface area (Å²) in [6, 6.07) is 2.25. The molecule has 1 aromatic rings. The standard InChI is InChI=1S/C11H15BrN2S/c12-10-1-11(15-7-10)6-14-4-8-2-13-3-9(8)5-14/h1,7-9,13H,2-6H2/t8-,9+. The molecule has 0 saturated carbocycles. The van der Waals surface area contributed by atoms with Gasteiger partial charge in [-0.05, 0) is 46.9 Å². The fraction of sp³-hybridized carbons (Fsp3) is 0.636. The number of hydrogen-bond donors (Lipinski definition) is 1. The molecule has 0 spiro atoms. The Hall–Kier alpha value is 0.1000. The maximum Gasteiger partial charge on any atom is 0.0328 e. The SMILES string of the molecule is Brc1csc(CN2C[C@H]3CNC[C@H]3C2)c1. The molecule has 2 fully saturated rings. The van der Waals surface area contributed by atoms with Gasteiger partial charge in [0.25, 0.3) is 0 Å². The van der Waals surface area contributed by atoms with Crippen LogP contribution in [0.2, 0.25) is 0 Å². The highest BCUT2D eigenvalue weighted by molar-refractivity contribution is 9.10. The van der Waals surface area contributed by atoms with Crippen LogP contribution in [0.4, 0.5) is 0 Å². The second-order valence-corrected chi connectivity index (χ2v) is 6.52. The average molecular weight is 287 g/mol. The molecule has 4 heteroatoms. The summed E-state index contributed by atoms with van der Waals surface area (Å²) in [6.45, 7) is 6.17. The van der Waals surface area contributed by atoms with Gasteiger partial charge in [0.15, 0.2) is 0 Å². The number of halogens is 1. The van der Waals surface area contributed by atoms with Crippen LogP contribution in [0.25, 0.3) is 0 Å². The first-order valence-electron chi connectivity index (χ1n) is 5.47. The predicted octanol–water partition coefficient (Wildman–Crippen LogP) is 2.16. The molecule has 15 heavy (non-hydrogen) atoms. The zero-order valence-corrected chi connectivity index (χ0v) is 11.0. The third-order valence-electron chi connectivity index (χ3n) is 3.47. The Kier molecular flexibility index (Phi) is 2.85. The van der Waals surface area contributed by atoms with Crippen LogP contribution in [0, 0.1) is 11.8 Å². The summed E-state index contributed by atoms with van der Waals surface area (Å²) >= 11 is 5.37. The molecule has 2 aliphatic rings. The van der Waals surface area contributed by atoms with Crippen LogP contribution in [0.1, 0.15) is 4.88 Å². The smallest absolute Gasteiger partial charge is 0.0328 e. The molecular weight excluding hydrogens is 272 g/mol. The van der Waals surface area contributed by atoms with Gasteiger partial charge in [-0.2, -0.15) is 0 Å². The molecule has 0 unspecified atom stereocenters. The summed E-state index contributed by atoms with van der Waals surface area (Å²) in [5.74, 6) is 1.82. The molecule has 3 heterocycles. The molecule has 0 radical (unpaired) electrons. The van der Waals surface area contributed by atoms with E-state index in [9.17, 15) is 0 Å². The zero-order valence-electron chi connectivity index (χ0n) is 8.58. The fourth-order valence-electron chi connectivity index (χ4n) is 2.74. The Labute approximate surface area is 103 Å². The van der Waals surface area contributed by atoms with E-state index in [0.717, 1.165) is 18.4 Å². The Bertz CT molecular complexity index is 340. The predicted molar refractivity (Wildman–Crippen MR) is 67.1 cm³/mol. The highest BCUT2D eigenvalue weighted by Gasteiger charge is 2.35. The molecule has 0 aromatic carbocycles. The van der Waals surface area contributed by atoms with E-state index >= 15 is 0 Å². The Morgan fingerprint density at radius 1 is 1.40 bits per heavy atom. The van der Waals surface area contributed by atoms with E-state index in [0.29, 0.717) is 0 Å². The van der Waals surface area contributed by atoms with E-state index in [1.165, 1.54) is 35.5 Å². The summed E-state index contributed by atoms with van der Waals surface area (Å²) in [6.07, 6.45) is 0. The van der Waals surface area contributed by atoms with Crippen LogP contribution < -0.4 is 5.32 Å². The number of likely N-dealkylation sites (tertiary alicyclic amines) is 1. The number of rotatable bonds is 2. The van der Waals surface area contributed by atoms with Crippen LogP contribution in [-0.2, 0) is 6.54 Å². The third-order valence-corrected chi connectivity index (χ3v) is 5.15. The van der Waals surface area contributed by atoms with Gasteiger partial charge in [0.1, 0.15) is 0 Å². The van der Waals surface area contributed by atoms with Crippen LogP contribution >= 0.6 is 27.3 Å². The van der Waals surface area contributed by atoms with Crippen molar-refractivity contribution in [3.8, 4) is 0 Å². The molecule has 1 aromatic heterocycles. The van der Waals surface area contributed by atoms with Gasteiger partial charge in [-0.15, -0.1) is 11.3 Å². The van der Waals surface area contributed by atoms with E-state index in [1.807, 2.05) is 11.3 Å². The van der Waals surface area contributed by atoms with Gasteiger partial charge in [0.05, 0.1) is 0 Å². The van der Waals surface area contributed by atoms with Crippen LogP contribution in [0.5, 0.6) is 0 Å². The Morgan fingerprint density at radius 3 is 2.73 bits per heavy atom. The normalized spacial score (nSPS) is 31.0. The lowest BCUT2D eigenvalue weighted by Gasteiger charge is -2.15. The largest absolute Gasteiger partial charge is 0.316 e. The van der Waals surface area contributed by atoms with Gasteiger partial charge in [-0.25, -0.2) is 0 Å². The van der Waals surface area contributed by atoms with Crippen molar-refractivity contribution in [2.24, 2.45) is 11.8 Å². The number of fused-ring (bicyclic) bond motifs is 1. The Balaban J connectivity index is 1.61. The minimum atomic E-state index is 0.911. The molecular formula is C11H15BrN2S. The first-order valence-corrected chi connectivity index (χ1v) is 7.14. The van der Waals surface area contributed by atoms with E-state index < -0.39 is 0 Å². The summed E-state index contributed by atoms with van der Waals surface area (Å²) in [7, 11) is 0. The molecule has 2 atom stereocenters. The zero-order chi connectivity index (χ0) is 10.3. The highest BCUT2D eigenvalue weighted by Crippen LogP contribution is 2.29. The van der Waals surface area contributed by atoms with E-state index in [-0.39, 0.29) is 0 Å². The van der Waals surface area contributed by atoms with Crippen molar-refractivity contribution in [3.63, 3.8) is 0 Å². The lowest BCUT2D eigenvalue weighted by molar-refractivity contribution is 0.308. The van der Waals surface area contributed by atoms with Crippen molar-refractivity contribution in [1.29, 1.82) is 0 Å². The molecule has 2 nitrogen and oxygen atoms in total. The van der Waals surface area contributed by atoms with Crippen molar-refractivity contribution < 1.29 is 0 Å². The number of thiophene rings is 1. The first kappa shape index (κ1) is 10.3. The van der Waals surface area contributed by atoms with Crippen LogP contribution in [0.15, 0.2) is 15.9 Å². The Morgan fingerprint density at radius 2 is 2.13 bits per heavy atom. The van der Waals surface area contributed by atoms with E-state index in [2.05, 4.69) is 37.6 Å². The number of nitrogens with zero attached hydrogens (tertiary/aromatic N) is 1. The van der Waals surface area contributed by atoms with Crippen molar-refractivity contribution >= 4 is 27.3 Å². The monoisotopic (exact) mass is 286 g/mol. The molecule has 3 rings (SSSR count). The fourth-order valence-corrected chi connectivity index (χ4v) is 4.23. The van der Waals surface area contributed by atoms with Gasteiger partial charge in [-0.1, -0.05) is 0 Å². The third kappa shape index (κ3) is 2.13. The molecule has 2 saturated heterocycles.